The lowest BCUT2D eigenvalue weighted by atomic mass is 10.2. The van der Waals surface area contributed by atoms with Crippen molar-refractivity contribution in [2.45, 2.75) is 31.4 Å². The van der Waals surface area contributed by atoms with Gasteiger partial charge in [-0.3, -0.25) is 4.79 Å². The van der Waals surface area contributed by atoms with Gasteiger partial charge in [0.2, 0.25) is 5.91 Å². The maximum Gasteiger partial charge on any atom is 0.239 e. The van der Waals surface area contributed by atoms with Gasteiger partial charge in [-0.2, -0.15) is 0 Å². The highest BCUT2D eigenvalue weighted by atomic mass is 35.5. The molecule has 0 aromatic heterocycles. The van der Waals surface area contributed by atoms with Crippen molar-refractivity contribution < 1.29 is 9.53 Å². The third kappa shape index (κ3) is 3.07. The number of benzene rings is 1. The summed E-state index contributed by atoms with van der Waals surface area (Å²) < 4.78 is 5.90. The Morgan fingerprint density at radius 3 is 3.05 bits per heavy atom. The van der Waals surface area contributed by atoms with Gasteiger partial charge < -0.3 is 15.0 Å². The molecule has 3 rings (SSSR count). The smallest absolute Gasteiger partial charge is 0.239 e. The van der Waals surface area contributed by atoms with Crippen LogP contribution in [0.2, 0.25) is 5.02 Å². The quantitative estimate of drug-likeness (QED) is 0.928. The summed E-state index contributed by atoms with van der Waals surface area (Å²) >= 11 is 5.94. The van der Waals surface area contributed by atoms with Crippen LogP contribution in [-0.2, 0) is 4.79 Å². The van der Waals surface area contributed by atoms with Gasteiger partial charge in [0.25, 0.3) is 0 Å². The summed E-state index contributed by atoms with van der Waals surface area (Å²) in [6, 6.07) is 7.42. The maximum absolute atomic E-state index is 12.3. The average Bonchev–Trinajstić information content (AvgIpc) is 3.09. The Bertz CT molecular complexity index is 489. The molecule has 1 aromatic carbocycles. The summed E-state index contributed by atoms with van der Waals surface area (Å²) in [6.07, 6.45) is 2.99. The molecular formula is C15H19ClN2O2. The van der Waals surface area contributed by atoms with Crippen molar-refractivity contribution in [3.05, 3.63) is 29.3 Å². The second-order valence-corrected chi connectivity index (χ2v) is 5.86. The normalized spacial score (nSPS) is 25.9. The first-order chi connectivity index (χ1) is 9.72. The van der Waals surface area contributed by atoms with E-state index in [-0.39, 0.29) is 18.1 Å². The van der Waals surface area contributed by atoms with Crippen LogP contribution in [0.5, 0.6) is 5.75 Å². The third-order valence-corrected chi connectivity index (χ3v) is 4.15. The van der Waals surface area contributed by atoms with Gasteiger partial charge >= 0.3 is 0 Å². The largest absolute Gasteiger partial charge is 0.488 e. The fraction of sp³-hybridized carbons (Fsp3) is 0.533. The van der Waals surface area contributed by atoms with Crippen LogP contribution in [-0.4, -0.2) is 42.6 Å². The SMILES string of the molecule is O=C(C1CCCN1)N1CCC(Oc2cccc(Cl)c2)C1. The Morgan fingerprint density at radius 2 is 2.30 bits per heavy atom. The van der Waals surface area contributed by atoms with E-state index in [4.69, 9.17) is 16.3 Å². The first-order valence-electron chi connectivity index (χ1n) is 7.17. The Labute approximate surface area is 124 Å². The molecule has 1 N–H and O–H groups in total. The number of ether oxygens (including phenoxy) is 1. The zero-order valence-corrected chi connectivity index (χ0v) is 12.1. The van der Waals surface area contributed by atoms with E-state index in [0.29, 0.717) is 11.6 Å². The predicted molar refractivity (Wildman–Crippen MR) is 78.1 cm³/mol. The van der Waals surface area contributed by atoms with Crippen LogP contribution in [0.25, 0.3) is 0 Å². The Balaban J connectivity index is 1.55. The first-order valence-corrected chi connectivity index (χ1v) is 7.54. The fourth-order valence-electron chi connectivity index (χ4n) is 2.87. The molecule has 1 aromatic rings. The van der Waals surface area contributed by atoms with Crippen molar-refractivity contribution >= 4 is 17.5 Å². The first kappa shape index (κ1) is 13.7. The van der Waals surface area contributed by atoms with Crippen molar-refractivity contribution in [3.63, 3.8) is 0 Å². The molecule has 2 heterocycles. The van der Waals surface area contributed by atoms with E-state index in [2.05, 4.69) is 5.32 Å². The lowest BCUT2D eigenvalue weighted by molar-refractivity contribution is -0.132. The van der Waals surface area contributed by atoms with Crippen LogP contribution in [0.1, 0.15) is 19.3 Å². The van der Waals surface area contributed by atoms with E-state index < -0.39 is 0 Å². The van der Waals surface area contributed by atoms with Gasteiger partial charge in [-0.1, -0.05) is 17.7 Å². The maximum atomic E-state index is 12.3. The van der Waals surface area contributed by atoms with Gasteiger partial charge in [0, 0.05) is 18.0 Å². The zero-order valence-electron chi connectivity index (χ0n) is 11.3. The molecule has 0 bridgehead atoms. The average molecular weight is 295 g/mol. The van der Waals surface area contributed by atoms with E-state index in [0.717, 1.165) is 38.1 Å². The summed E-state index contributed by atoms with van der Waals surface area (Å²) in [5.41, 5.74) is 0. The lowest BCUT2D eigenvalue weighted by Crippen LogP contribution is -2.43. The van der Waals surface area contributed by atoms with Crippen molar-refractivity contribution in [1.82, 2.24) is 10.2 Å². The minimum Gasteiger partial charge on any atom is -0.488 e. The summed E-state index contributed by atoms with van der Waals surface area (Å²) in [6.45, 7) is 2.40. The minimum atomic E-state index is 0.0138. The van der Waals surface area contributed by atoms with Gasteiger partial charge in [0.05, 0.1) is 12.6 Å². The number of halogens is 1. The highest BCUT2D eigenvalue weighted by molar-refractivity contribution is 6.30. The van der Waals surface area contributed by atoms with Crippen molar-refractivity contribution in [1.29, 1.82) is 0 Å². The van der Waals surface area contributed by atoms with E-state index in [9.17, 15) is 4.79 Å². The van der Waals surface area contributed by atoms with Crippen LogP contribution >= 0.6 is 11.6 Å². The number of rotatable bonds is 3. The van der Waals surface area contributed by atoms with Crippen LogP contribution < -0.4 is 10.1 Å². The Kier molecular flexibility index (Phi) is 4.13. The predicted octanol–water partition coefficient (Wildman–Crippen LogP) is 2.07. The molecule has 2 aliphatic rings. The lowest BCUT2D eigenvalue weighted by Gasteiger charge is -2.20. The number of nitrogens with one attached hydrogen (secondary N) is 1. The van der Waals surface area contributed by atoms with Crippen molar-refractivity contribution in [2.75, 3.05) is 19.6 Å². The monoisotopic (exact) mass is 294 g/mol. The molecule has 2 aliphatic heterocycles. The van der Waals surface area contributed by atoms with Gasteiger partial charge in [-0.15, -0.1) is 0 Å². The van der Waals surface area contributed by atoms with E-state index in [1.54, 1.807) is 0 Å². The van der Waals surface area contributed by atoms with E-state index in [1.807, 2.05) is 29.2 Å². The molecule has 2 atom stereocenters. The van der Waals surface area contributed by atoms with Gasteiger partial charge in [0.1, 0.15) is 11.9 Å². The summed E-state index contributed by atoms with van der Waals surface area (Å²) in [4.78, 5) is 14.2. The molecule has 2 saturated heterocycles. The molecule has 2 fully saturated rings. The molecule has 0 saturated carbocycles. The summed E-state index contributed by atoms with van der Waals surface area (Å²) in [5.74, 6) is 0.996. The number of nitrogens with zero attached hydrogens (tertiary/aromatic N) is 1. The van der Waals surface area contributed by atoms with Crippen molar-refractivity contribution in [3.8, 4) is 5.75 Å². The molecule has 0 aliphatic carbocycles. The number of hydrogen-bond acceptors (Lipinski definition) is 3. The Hall–Kier alpha value is -1.26. The summed E-state index contributed by atoms with van der Waals surface area (Å²) in [7, 11) is 0. The van der Waals surface area contributed by atoms with Gasteiger partial charge in [0.15, 0.2) is 0 Å². The zero-order chi connectivity index (χ0) is 13.9. The number of amides is 1. The standard InChI is InChI=1S/C15H19ClN2O2/c16-11-3-1-4-12(9-11)20-13-6-8-18(10-13)15(19)14-5-2-7-17-14/h1,3-4,9,13-14,17H,2,5-8,10H2. The highest BCUT2D eigenvalue weighted by Crippen LogP contribution is 2.22. The minimum absolute atomic E-state index is 0.0138. The Morgan fingerprint density at radius 1 is 1.40 bits per heavy atom. The number of carbonyl (C=O) groups is 1. The van der Waals surface area contributed by atoms with Crippen LogP contribution in [0.3, 0.4) is 0 Å². The molecule has 2 unspecified atom stereocenters. The molecule has 108 valence electrons. The second kappa shape index (κ2) is 6.02. The van der Waals surface area contributed by atoms with Crippen LogP contribution in [0, 0.1) is 0 Å². The van der Waals surface area contributed by atoms with E-state index >= 15 is 0 Å². The number of carbonyl (C=O) groups excluding carboxylic acids is 1. The fourth-order valence-corrected chi connectivity index (χ4v) is 3.05. The molecule has 1 amide bonds. The van der Waals surface area contributed by atoms with Crippen LogP contribution in [0.4, 0.5) is 0 Å². The molecule has 0 radical (unpaired) electrons. The molecule has 20 heavy (non-hydrogen) atoms. The molecule has 5 heteroatoms. The number of hydrogen-bond donors (Lipinski definition) is 1. The number of likely N-dealkylation sites (tertiary alicyclic amines) is 1. The molecule has 0 spiro atoms. The summed E-state index contributed by atoms with van der Waals surface area (Å²) in [5, 5.41) is 3.93. The molecule has 4 nitrogen and oxygen atoms in total. The highest BCUT2D eigenvalue weighted by Gasteiger charge is 2.32. The topological polar surface area (TPSA) is 41.6 Å². The van der Waals surface area contributed by atoms with Crippen molar-refractivity contribution in [2.24, 2.45) is 0 Å². The van der Waals surface area contributed by atoms with E-state index in [1.165, 1.54) is 0 Å². The molecular weight excluding hydrogens is 276 g/mol. The third-order valence-electron chi connectivity index (χ3n) is 3.91. The van der Waals surface area contributed by atoms with Gasteiger partial charge in [-0.25, -0.2) is 0 Å². The second-order valence-electron chi connectivity index (χ2n) is 5.42. The van der Waals surface area contributed by atoms with Gasteiger partial charge in [-0.05, 0) is 37.6 Å². The van der Waals surface area contributed by atoms with Crippen LogP contribution in [0.15, 0.2) is 24.3 Å².